The van der Waals surface area contributed by atoms with Crippen LogP contribution in [0.15, 0.2) is 206 Å². The van der Waals surface area contributed by atoms with E-state index in [-0.39, 0.29) is 0 Å². The average molecular weight is 1250 g/mol. The number of thiazole rings is 2. The fourth-order valence-corrected chi connectivity index (χ4v) is 17.8. The van der Waals surface area contributed by atoms with Crippen molar-refractivity contribution in [2.24, 2.45) is 0 Å². The fourth-order valence-electron chi connectivity index (χ4n) is 15.3. The Balaban J connectivity index is 1.20. The summed E-state index contributed by atoms with van der Waals surface area (Å²) in [6.07, 6.45) is 9.16. The molecule has 0 saturated heterocycles. The SMILES string of the molecule is CCCCCCCCOc1ccc(-c2c3c4n(c(-c5ccc(OCCCCCCCC)cc5)c3c3n2[B-](c2ccccc2)(c2ccccc2)[n+]2c(sc5cc(OC)ccc52)C=3C#N)[B-](c2ccccc2)(c2ccccc2)[n+]2c(sc3cc(OC)ccc32)C=4C#N)cc1. The molecule has 2 aliphatic rings. The van der Waals surface area contributed by atoms with Gasteiger partial charge in [-0.3, -0.25) is 0 Å². The Hall–Kier alpha value is -9.59. The van der Waals surface area contributed by atoms with Crippen LogP contribution >= 0.6 is 22.7 Å². The lowest BCUT2D eigenvalue weighted by Gasteiger charge is -2.43. The molecule has 0 unspecified atom stereocenters. The molecule has 0 amide bonds. The van der Waals surface area contributed by atoms with E-state index < -0.39 is 12.8 Å². The van der Waals surface area contributed by atoms with Crippen LogP contribution in [0.4, 0.5) is 0 Å². The summed E-state index contributed by atoms with van der Waals surface area (Å²) in [5.41, 5.74) is 10.7. The predicted octanol–water partition coefficient (Wildman–Crippen LogP) is 13.7. The number of hydrogen-bond acceptors (Lipinski definition) is 8. The summed E-state index contributed by atoms with van der Waals surface area (Å²) in [5, 5.41) is 30.1. The molecule has 0 aliphatic carbocycles. The van der Waals surface area contributed by atoms with E-state index >= 15 is 0 Å². The molecule has 14 heteroatoms. The second-order valence-electron chi connectivity index (χ2n) is 24.6. The summed E-state index contributed by atoms with van der Waals surface area (Å²) in [5.74, 6) is 3.02. The zero-order valence-corrected chi connectivity index (χ0v) is 54.4. The van der Waals surface area contributed by atoms with Crippen molar-refractivity contribution in [2.45, 2.75) is 90.9 Å². The number of nitriles is 2. The standard InChI is InChI=1S/C78H74B2N6O4S2/c1-5-7-9-11-13-27-49-89-61-41-37-55(38-42-61)73-71-72(76-66(54-82)78-83(67-47-45-63(87-3)51-69(67)92-78)79(85(73)76,57-29-19-15-20-30-57)58-31-21-16-22-32-58)74(56-39-43-62(44-40-56)90-50-28-14-12-10-8-6-2)86-75(71)65(53-81)77-84(68-48-46-64(88-4)52-70(68)91-77)80(86,59-33-23-17-24-34-59)60-35-25-18-26-36-60/h15-26,29-48,51-52H,5-14,27-28,49-50H2,1-4H3. The lowest BCUT2D eigenvalue weighted by molar-refractivity contribution is -0.513. The summed E-state index contributed by atoms with van der Waals surface area (Å²) in [6, 6.07) is 79.1. The highest BCUT2D eigenvalue weighted by molar-refractivity contribution is 7.20. The summed E-state index contributed by atoms with van der Waals surface area (Å²) >= 11 is 3.23. The quantitative estimate of drug-likeness (QED) is 0.0441. The van der Waals surface area contributed by atoms with Crippen molar-refractivity contribution < 1.29 is 27.9 Å². The topological polar surface area (TPSA) is 102 Å². The Morgan fingerprint density at radius 2 is 0.728 bits per heavy atom. The number of aromatic nitrogens is 4. The van der Waals surface area contributed by atoms with Crippen LogP contribution in [0, 0.1) is 22.7 Å². The number of hydrogen-bond donors (Lipinski definition) is 0. The van der Waals surface area contributed by atoms with Gasteiger partial charge < -0.3 is 36.9 Å². The van der Waals surface area contributed by atoms with Gasteiger partial charge in [0.1, 0.15) is 44.5 Å². The van der Waals surface area contributed by atoms with Crippen LogP contribution in [-0.2, 0) is 0 Å². The van der Waals surface area contributed by atoms with Crippen molar-refractivity contribution >= 4 is 99.7 Å². The predicted molar refractivity (Wildman–Crippen MR) is 379 cm³/mol. The molecule has 14 rings (SSSR count). The summed E-state index contributed by atoms with van der Waals surface area (Å²) in [4.78, 5) is 0. The Kier molecular flexibility index (Phi) is 16.9. The highest BCUT2D eigenvalue weighted by atomic mass is 32.1. The zero-order chi connectivity index (χ0) is 62.8. The van der Waals surface area contributed by atoms with Gasteiger partial charge in [-0.15, -0.1) is 21.9 Å². The lowest BCUT2D eigenvalue weighted by Crippen LogP contribution is -2.86. The molecule has 0 saturated carbocycles. The molecule has 0 N–H and O–H groups in total. The minimum absolute atomic E-state index is 0.517. The van der Waals surface area contributed by atoms with Gasteiger partial charge in [0, 0.05) is 57.1 Å². The zero-order valence-electron chi connectivity index (χ0n) is 52.8. The Labute approximate surface area is 546 Å². The van der Waals surface area contributed by atoms with Gasteiger partial charge in [0.2, 0.25) is 10.0 Å². The van der Waals surface area contributed by atoms with E-state index in [0.717, 1.165) is 145 Å². The summed E-state index contributed by atoms with van der Waals surface area (Å²) in [6.45, 7) is 5.74. The van der Waals surface area contributed by atoms with Crippen molar-refractivity contribution in [2.75, 3.05) is 27.4 Å². The lowest BCUT2D eigenvalue weighted by atomic mass is 9.35. The minimum atomic E-state index is -2.41. The third-order valence-electron chi connectivity index (χ3n) is 19.3. The molecule has 4 aromatic heterocycles. The number of nitrogens with zero attached hydrogens (tertiary/aromatic N) is 6. The van der Waals surface area contributed by atoms with Gasteiger partial charge in [0.25, 0.3) is 0 Å². The number of rotatable bonds is 24. The van der Waals surface area contributed by atoms with Crippen LogP contribution in [0.25, 0.3) is 64.9 Å². The van der Waals surface area contributed by atoms with Crippen LogP contribution in [0.1, 0.15) is 101 Å². The van der Waals surface area contributed by atoms with Gasteiger partial charge in [-0.1, -0.05) is 222 Å². The Morgan fingerprint density at radius 1 is 0.402 bits per heavy atom. The molecule has 12 aromatic rings. The molecule has 10 nitrogen and oxygen atoms in total. The molecule has 6 heterocycles. The number of ether oxygens (including phenoxy) is 4. The first-order chi connectivity index (χ1) is 45.4. The molecular formula is C78H74B2N6O4S2. The first-order valence-corrected chi connectivity index (χ1v) is 34.5. The minimum Gasteiger partial charge on any atom is -0.497 e. The van der Waals surface area contributed by atoms with Gasteiger partial charge in [-0.2, -0.15) is 10.5 Å². The Bertz CT molecular complexity index is 4510. The third-order valence-corrected chi connectivity index (χ3v) is 21.6. The van der Waals surface area contributed by atoms with Crippen LogP contribution in [0.2, 0.25) is 0 Å². The van der Waals surface area contributed by atoms with E-state index in [4.69, 9.17) is 18.9 Å². The van der Waals surface area contributed by atoms with Crippen LogP contribution in [0.3, 0.4) is 0 Å². The van der Waals surface area contributed by atoms with Crippen molar-refractivity contribution in [3.8, 4) is 57.7 Å². The molecule has 0 fully saturated rings. The second kappa shape index (κ2) is 26.0. The van der Waals surface area contributed by atoms with Crippen molar-refractivity contribution in [3.63, 3.8) is 0 Å². The third kappa shape index (κ3) is 9.89. The van der Waals surface area contributed by atoms with Gasteiger partial charge in [0.15, 0.2) is 22.2 Å². The fraction of sp³-hybridized carbons (Fsp3) is 0.231. The molecular weight excluding hydrogens is 1170 g/mol. The van der Waals surface area contributed by atoms with Crippen LogP contribution in [-0.4, -0.2) is 49.2 Å². The highest BCUT2D eigenvalue weighted by Crippen LogP contribution is 2.43. The molecule has 0 bridgehead atoms. The van der Waals surface area contributed by atoms with Crippen LogP contribution in [0.5, 0.6) is 23.0 Å². The molecule has 0 spiro atoms. The van der Waals surface area contributed by atoms with Crippen LogP contribution < -0.4 is 60.5 Å². The van der Waals surface area contributed by atoms with Crippen molar-refractivity contribution in [3.05, 3.63) is 227 Å². The highest BCUT2D eigenvalue weighted by Gasteiger charge is 2.56. The smallest absolute Gasteiger partial charge is 0.436 e. The average Bonchev–Trinajstić information content (AvgIpc) is 1.46. The molecule has 0 atom stereocenters. The van der Waals surface area contributed by atoms with E-state index in [9.17, 15) is 10.5 Å². The molecule has 2 aliphatic heterocycles. The molecule has 92 heavy (non-hydrogen) atoms. The summed E-state index contributed by atoms with van der Waals surface area (Å²) in [7, 11) is 3.41. The second-order valence-corrected chi connectivity index (χ2v) is 26.6. The van der Waals surface area contributed by atoms with Crippen molar-refractivity contribution in [1.82, 2.24) is 8.96 Å². The van der Waals surface area contributed by atoms with E-state index in [1.54, 1.807) is 36.9 Å². The molecule has 0 radical (unpaired) electrons. The normalized spacial score (nSPS) is 13.5. The maximum Gasteiger partial charge on any atom is 0.436 e. The largest absolute Gasteiger partial charge is 0.497 e. The van der Waals surface area contributed by atoms with Gasteiger partial charge in [-0.05, 0) is 84.6 Å². The molecule has 458 valence electrons. The number of fused-ring (bicyclic) bond motifs is 11. The monoisotopic (exact) mass is 1240 g/mol. The molecule has 8 aromatic carbocycles. The van der Waals surface area contributed by atoms with Crippen molar-refractivity contribution in [1.29, 1.82) is 10.5 Å². The number of methoxy groups -OCH3 is 2. The van der Waals surface area contributed by atoms with E-state index in [0.29, 0.717) is 24.4 Å². The van der Waals surface area contributed by atoms with E-state index in [1.807, 2.05) is 12.1 Å². The first-order valence-electron chi connectivity index (χ1n) is 32.9. The number of unbranched alkanes of at least 4 members (excludes halogenated alkanes) is 10. The van der Waals surface area contributed by atoms with E-state index in [2.05, 4.69) is 238 Å². The van der Waals surface area contributed by atoms with E-state index in [1.165, 1.54) is 51.4 Å². The first kappa shape index (κ1) is 60.0. The maximum atomic E-state index is 12.6. The maximum absolute atomic E-state index is 12.6. The Morgan fingerprint density at radius 3 is 1.05 bits per heavy atom. The summed E-state index contributed by atoms with van der Waals surface area (Å²) < 4.78 is 37.2. The van der Waals surface area contributed by atoms with Gasteiger partial charge >= 0.3 is 12.8 Å². The van der Waals surface area contributed by atoms with Gasteiger partial charge in [0.05, 0.1) is 27.4 Å². The van der Waals surface area contributed by atoms with Gasteiger partial charge in [-0.25, -0.2) is 0 Å². The number of benzene rings is 8.